The van der Waals surface area contributed by atoms with Crippen LogP contribution in [0, 0.1) is 0 Å². The summed E-state index contributed by atoms with van der Waals surface area (Å²) in [6.07, 6.45) is 5.88. The van der Waals surface area contributed by atoms with Crippen molar-refractivity contribution in [3.8, 4) is 0 Å². The fourth-order valence-electron chi connectivity index (χ4n) is 0.545. The molecular formula is C9H12BrF. The molecule has 0 nitrogen and oxygen atoms in total. The van der Waals surface area contributed by atoms with Crippen molar-refractivity contribution in [3.05, 3.63) is 36.2 Å². The van der Waals surface area contributed by atoms with Gasteiger partial charge < -0.3 is 0 Å². The minimum absolute atomic E-state index is 0.411. The third-order valence-corrected chi connectivity index (χ3v) is 1.96. The van der Waals surface area contributed by atoms with Crippen molar-refractivity contribution < 1.29 is 4.39 Å². The van der Waals surface area contributed by atoms with Crippen molar-refractivity contribution >= 4 is 15.9 Å². The van der Waals surface area contributed by atoms with Gasteiger partial charge in [-0.2, -0.15) is 0 Å². The summed E-state index contributed by atoms with van der Waals surface area (Å²) >= 11 is 3.32. The van der Waals surface area contributed by atoms with Crippen LogP contribution in [-0.2, 0) is 0 Å². The Kier molecular flexibility index (Phi) is 6.13. The molecule has 0 aliphatic heterocycles. The summed E-state index contributed by atoms with van der Waals surface area (Å²) in [5, 5.41) is 0.840. The molecule has 2 heteroatoms. The van der Waals surface area contributed by atoms with Gasteiger partial charge in [-0.3, -0.25) is 0 Å². The van der Waals surface area contributed by atoms with Crippen molar-refractivity contribution in [1.82, 2.24) is 0 Å². The second-order valence-electron chi connectivity index (χ2n) is 2.12. The van der Waals surface area contributed by atoms with Gasteiger partial charge >= 0.3 is 0 Å². The number of hydrogen-bond donors (Lipinski definition) is 0. The van der Waals surface area contributed by atoms with Crippen LogP contribution in [0.25, 0.3) is 0 Å². The van der Waals surface area contributed by atoms with Crippen LogP contribution in [-0.4, -0.2) is 5.33 Å². The van der Waals surface area contributed by atoms with Gasteiger partial charge in [-0.1, -0.05) is 47.2 Å². The van der Waals surface area contributed by atoms with Crippen LogP contribution in [0.2, 0.25) is 0 Å². The van der Waals surface area contributed by atoms with Crippen molar-refractivity contribution in [2.45, 2.75) is 13.3 Å². The minimum Gasteiger partial charge on any atom is -0.208 e. The summed E-state index contributed by atoms with van der Waals surface area (Å²) < 4.78 is 12.0. The molecule has 0 N–H and O–H groups in total. The summed E-state index contributed by atoms with van der Waals surface area (Å²) in [4.78, 5) is 0. The number of allylic oxidation sites excluding steroid dienone is 5. The van der Waals surface area contributed by atoms with Crippen molar-refractivity contribution in [1.29, 1.82) is 0 Å². The molecule has 0 atom stereocenters. The number of alkyl halides is 1. The Morgan fingerprint density at radius 1 is 1.64 bits per heavy atom. The largest absolute Gasteiger partial charge is 0.208 e. The second kappa shape index (κ2) is 6.35. The van der Waals surface area contributed by atoms with Crippen molar-refractivity contribution in [3.63, 3.8) is 0 Å². The van der Waals surface area contributed by atoms with Gasteiger partial charge in [-0.15, -0.1) is 0 Å². The molecule has 0 saturated carbocycles. The first-order valence-electron chi connectivity index (χ1n) is 3.47. The van der Waals surface area contributed by atoms with Crippen LogP contribution < -0.4 is 0 Å². The molecule has 0 saturated heterocycles. The molecule has 0 aromatic heterocycles. The Bertz CT molecular complexity index is 174. The Morgan fingerprint density at radius 3 is 2.64 bits per heavy atom. The third-order valence-electron chi connectivity index (χ3n) is 1.23. The summed E-state index contributed by atoms with van der Waals surface area (Å²) in [6.45, 7) is 5.17. The maximum atomic E-state index is 12.0. The molecule has 0 spiro atoms. The molecule has 0 aromatic rings. The predicted octanol–water partition coefficient (Wildman–Crippen LogP) is 3.76. The van der Waals surface area contributed by atoms with Gasteiger partial charge in [-0.25, -0.2) is 4.39 Å². The number of hydrogen-bond acceptors (Lipinski definition) is 0. The zero-order chi connectivity index (χ0) is 8.69. The minimum atomic E-state index is -0.411. The van der Waals surface area contributed by atoms with E-state index in [1.165, 1.54) is 11.6 Å². The fourth-order valence-corrected chi connectivity index (χ4v) is 1.13. The zero-order valence-corrected chi connectivity index (χ0v) is 8.20. The average Bonchev–Trinajstić information content (AvgIpc) is 1.98. The molecule has 62 valence electrons. The smallest absolute Gasteiger partial charge is 0.116 e. The van der Waals surface area contributed by atoms with Gasteiger partial charge in [-0.05, 0) is 12.5 Å². The molecule has 0 rings (SSSR count). The highest BCUT2D eigenvalue weighted by Gasteiger charge is 1.86. The van der Waals surface area contributed by atoms with Crippen LogP contribution in [0.1, 0.15) is 13.3 Å². The average molecular weight is 219 g/mol. The van der Waals surface area contributed by atoms with E-state index in [0.29, 0.717) is 0 Å². The Hall–Kier alpha value is -0.370. The van der Waals surface area contributed by atoms with Gasteiger partial charge in [0.25, 0.3) is 0 Å². The molecule has 0 aromatic carbocycles. The fraction of sp³-hybridized carbons (Fsp3) is 0.333. The predicted molar refractivity (Wildman–Crippen MR) is 51.6 cm³/mol. The Balaban J connectivity index is 3.97. The lowest BCUT2D eigenvalue weighted by Crippen LogP contribution is -1.78. The maximum absolute atomic E-state index is 12.0. The first-order chi connectivity index (χ1) is 5.20. The van der Waals surface area contributed by atoms with E-state index >= 15 is 0 Å². The molecule has 0 unspecified atom stereocenters. The monoisotopic (exact) mass is 218 g/mol. The molecule has 0 fully saturated rings. The normalized spacial score (nSPS) is 12.5. The molecule has 0 radical (unpaired) electrons. The van der Waals surface area contributed by atoms with E-state index in [2.05, 4.69) is 29.4 Å². The van der Waals surface area contributed by atoms with Gasteiger partial charge in [0.2, 0.25) is 0 Å². The quantitative estimate of drug-likeness (QED) is 0.498. The first kappa shape index (κ1) is 10.6. The lowest BCUT2D eigenvalue weighted by atomic mass is 10.2. The van der Waals surface area contributed by atoms with Crippen molar-refractivity contribution in [2.24, 2.45) is 0 Å². The summed E-state index contributed by atoms with van der Waals surface area (Å²) in [7, 11) is 0. The number of halogens is 2. The van der Waals surface area contributed by atoms with Crippen LogP contribution >= 0.6 is 15.9 Å². The second-order valence-corrected chi connectivity index (χ2v) is 2.68. The zero-order valence-electron chi connectivity index (χ0n) is 6.61. The Labute approximate surface area is 75.6 Å². The third kappa shape index (κ3) is 6.05. The highest BCUT2D eigenvalue weighted by molar-refractivity contribution is 9.09. The van der Waals surface area contributed by atoms with E-state index in [0.717, 1.165) is 11.8 Å². The van der Waals surface area contributed by atoms with Gasteiger partial charge in [0.15, 0.2) is 0 Å². The van der Waals surface area contributed by atoms with Gasteiger partial charge in [0, 0.05) is 5.33 Å². The molecule has 0 aliphatic rings. The van der Waals surface area contributed by atoms with E-state index in [9.17, 15) is 4.39 Å². The standard InChI is InChI=1S/C9H12BrF/c1-3-9(7-10)6-4-5-8(2)11/h4-6H,2-3,7H2,1H3/b5-4-,9-6+. The molecule has 0 heterocycles. The van der Waals surface area contributed by atoms with Crippen molar-refractivity contribution in [2.75, 3.05) is 5.33 Å². The highest BCUT2D eigenvalue weighted by atomic mass is 79.9. The van der Waals surface area contributed by atoms with E-state index < -0.39 is 5.83 Å². The SMILES string of the molecule is C=C(F)/C=C\C=C(/CC)CBr. The van der Waals surface area contributed by atoms with Crippen LogP contribution in [0.5, 0.6) is 0 Å². The summed E-state index contributed by atoms with van der Waals surface area (Å²) in [5.41, 5.74) is 1.24. The number of rotatable bonds is 4. The lowest BCUT2D eigenvalue weighted by Gasteiger charge is -1.93. The van der Waals surface area contributed by atoms with Gasteiger partial charge in [0.05, 0.1) is 0 Å². The Morgan fingerprint density at radius 2 is 2.27 bits per heavy atom. The van der Waals surface area contributed by atoms with E-state index in [4.69, 9.17) is 0 Å². The van der Waals surface area contributed by atoms with Gasteiger partial charge in [0.1, 0.15) is 5.83 Å². The highest BCUT2D eigenvalue weighted by Crippen LogP contribution is 2.05. The van der Waals surface area contributed by atoms with E-state index in [1.807, 2.05) is 6.08 Å². The molecule has 0 bridgehead atoms. The van der Waals surface area contributed by atoms with Crippen LogP contribution in [0.4, 0.5) is 4.39 Å². The molecule has 0 amide bonds. The maximum Gasteiger partial charge on any atom is 0.116 e. The summed E-state index contributed by atoms with van der Waals surface area (Å²) in [5.74, 6) is -0.411. The lowest BCUT2D eigenvalue weighted by molar-refractivity contribution is 0.671. The van der Waals surface area contributed by atoms with Crippen LogP contribution in [0.3, 0.4) is 0 Å². The molecular weight excluding hydrogens is 207 g/mol. The topological polar surface area (TPSA) is 0 Å². The van der Waals surface area contributed by atoms with E-state index in [1.54, 1.807) is 6.08 Å². The first-order valence-corrected chi connectivity index (χ1v) is 4.59. The molecule has 0 aliphatic carbocycles. The van der Waals surface area contributed by atoms with E-state index in [-0.39, 0.29) is 0 Å². The van der Waals surface area contributed by atoms with Crippen LogP contribution in [0.15, 0.2) is 36.2 Å². The molecule has 11 heavy (non-hydrogen) atoms. The summed E-state index contributed by atoms with van der Waals surface area (Å²) in [6, 6.07) is 0.